The van der Waals surface area contributed by atoms with Crippen LogP contribution in [0.2, 0.25) is 0 Å². The Hall–Kier alpha value is -2.89. The molecule has 3 aromatic rings. The third-order valence-corrected chi connectivity index (χ3v) is 4.37. The van der Waals surface area contributed by atoms with Crippen LogP contribution in [0.25, 0.3) is 10.9 Å². The highest BCUT2D eigenvalue weighted by Crippen LogP contribution is 2.18. The average molecular weight is 352 g/mol. The Morgan fingerprint density at radius 1 is 1.15 bits per heavy atom. The van der Waals surface area contributed by atoms with Gasteiger partial charge in [0.25, 0.3) is 5.56 Å². The number of rotatable bonds is 7. The Labute approximate surface area is 152 Å². The minimum atomic E-state index is -0.239. The van der Waals surface area contributed by atoms with E-state index in [9.17, 15) is 9.59 Å². The summed E-state index contributed by atoms with van der Waals surface area (Å²) in [5, 5.41) is 3.54. The van der Waals surface area contributed by atoms with Gasteiger partial charge in [0.1, 0.15) is 6.04 Å². The zero-order chi connectivity index (χ0) is 18.5. The molecule has 0 saturated carbocycles. The van der Waals surface area contributed by atoms with Crippen molar-refractivity contribution < 1.29 is 4.79 Å². The van der Waals surface area contributed by atoms with Crippen molar-refractivity contribution >= 4 is 16.8 Å². The third-order valence-electron chi connectivity index (χ3n) is 4.37. The first-order valence-electron chi connectivity index (χ1n) is 8.90. The topological polar surface area (TPSA) is 68.9 Å². The molecular formula is C20H24N4O2. The second-order valence-corrected chi connectivity index (χ2v) is 6.83. The summed E-state index contributed by atoms with van der Waals surface area (Å²) in [6.45, 7) is 4.98. The Morgan fingerprint density at radius 2 is 1.88 bits per heavy atom. The summed E-state index contributed by atoms with van der Waals surface area (Å²) in [6, 6.07) is 10.9. The molecule has 0 aliphatic rings. The van der Waals surface area contributed by atoms with Crippen LogP contribution in [-0.4, -0.2) is 26.6 Å². The van der Waals surface area contributed by atoms with E-state index >= 15 is 0 Å². The van der Waals surface area contributed by atoms with Crippen LogP contribution in [0.5, 0.6) is 0 Å². The van der Waals surface area contributed by atoms with Crippen LogP contribution in [0.3, 0.4) is 0 Å². The quantitative estimate of drug-likeness (QED) is 0.711. The smallest absolute Gasteiger partial charge is 0.261 e. The molecule has 0 fully saturated rings. The molecule has 0 bridgehead atoms. The predicted octanol–water partition coefficient (Wildman–Crippen LogP) is 2.60. The van der Waals surface area contributed by atoms with Gasteiger partial charge in [-0.2, -0.15) is 0 Å². The van der Waals surface area contributed by atoms with Crippen molar-refractivity contribution in [2.24, 2.45) is 5.92 Å². The number of carbonyl (C=O) groups is 1. The molecule has 0 aliphatic heterocycles. The van der Waals surface area contributed by atoms with Crippen molar-refractivity contribution in [2.45, 2.75) is 32.9 Å². The fourth-order valence-corrected chi connectivity index (χ4v) is 3.05. The Morgan fingerprint density at radius 3 is 2.62 bits per heavy atom. The molecule has 6 heteroatoms. The molecule has 26 heavy (non-hydrogen) atoms. The number of aromatic nitrogens is 3. The van der Waals surface area contributed by atoms with Gasteiger partial charge in [0, 0.05) is 25.5 Å². The first-order chi connectivity index (χ1) is 12.6. The molecule has 2 aromatic heterocycles. The van der Waals surface area contributed by atoms with Gasteiger partial charge in [0.2, 0.25) is 5.91 Å². The fourth-order valence-electron chi connectivity index (χ4n) is 3.05. The minimum absolute atomic E-state index is 0.0308. The van der Waals surface area contributed by atoms with Gasteiger partial charge < -0.3 is 9.88 Å². The van der Waals surface area contributed by atoms with Crippen LogP contribution in [0.15, 0.2) is 59.9 Å². The lowest BCUT2D eigenvalue weighted by Crippen LogP contribution is -2.36. The molecule has 1 atom stereocenters. The second-order valence-electron chi connectivity index (χ2n) is 6.83. The standard InChI is InChI=1S/C20H24N4O2/c1-15(2)13-18(23-10-5-6-11-23)19(25)21-9-12-24-14-22-17-8-4-3-7-16(17)20(24)26/h3-8,10-11,14-15,18H,9,12-13H2,1-2H3,(H,21,25). The summed E-state index contributed by atoms with van der Waals surface area (Å²) < 4.78 is 3.47. The summed E-state index contributed by atoms with van der Waals surface area (Å²) in [5.74, 6) is 0.372. The number of hydrogen-bond acceptors (Lipinski definition) is 3. The van der Waals surface area contributed by atoms with Crippen molar-refractivity contribution in [2.75, 3.05) is 6.54 Å². The predicted molar refractivity (Wildman–Crippen MR) is 102 cm³/mol. The van der Waals surface area contributed by atoms with E-state index < -0.39 is 0 Å². The normalized spacial score (nSPS) is 12.4. The third kappa shape index (κ3) is 4.02. The van der Waals surface area contributed by atoms with Gasteiger partial charge in [-0.1, -0.05) is 26.0 Å². The van der Waals surface area contributed by atoms with E-state index in [4.69, 9.17) is 0 Å². The van der Waals surface area contributed by atoms with Crippen molar-refractivity contribution in [3.63, 3.8) is 0 Å². The fraction of sp³-hybridized carbons (Fsp3) is 0.350. The van der Waals surface area contributed by atoms with Crippen LogP contribution in [0.1, 0.15) is 26.3 Å². The first-order valence-corrected chi connectivity index (χ1v) is 8.90. The highest BCUT2D eigenvalue weighted by Gasteiger charge is 2.20. The number of para-hydroxylation sites is 1. The van der Waals surface area contributed by atoms with E-state index in [-0.39, 0.29) is 17.5 Å². The molecule has 6 nitrogen and oxygen atoms in total. The van der Waals surface area contributed by atoms with Gasteiger partial charge in [0.15, 0.2) is 0 Å². The lowest BCUT2D eigenvalue weighted by molar-refractivity contribution is -0.124. The molecule has 0 aliphatic carbocycles. The maximum absolute atomic E-state index is 12.6. The van der Waals surface area contributed by atoms with Crippen LogP contribution in [0, 0.1) is 5.92 Å². The van der Waals surface area contributed by atoms with E-state index in [0.29, 0.717) is 29.9 Å². The summed E-state index contributed by atoms with van der Waals surface area (Å²) >= 11 is 0. The van der Waals surface area contributed by atoms with E-state index in [1.807, 2.05) is 47.3 Å². The Bertz CT molecular complexity index is 928. The molecule has 136 valence electrons. The van der Waals surface area contributed by atoms with Gasteiger partial charge >= 0.3 is 0 Å². The van der Waals surface area contributed by atoms with E-state index in [1.54, 1.807) is 6.07 Å². The SMILES string of the molecule is CC(C)CC(C(=O)NCCn1cnc2ccccc2c1=O)n1cccc1. The number of hydrogen-bond donors (Lipinski definition) is 1. The molecule has 2 heterocycles. The molecule has 0 saturated heterocycles. The van der Waals surface area contributed by atoms with Gasteiger partial charge in [-0.05, 0) is 36.6 Å². The van der Waals surface area contributed by atoms with Gasteiger partial charge in [-0.3, -0.25) is 14.2 Å². The van der Waals surface area contributed by atoms with Crippen molar-refractivity contribution in [1.29, 1.82) is 0 Å². The Kier molecular flexibility index (Phi) is 5.51. The number of benzene rings is 1. The number of nitrogens with one attached hydrogen (secondary N) is 1. The summed E-state index contributed by atoms with van der Waals surface area (Å²) in [5.41, 5.74) is 0.594. The summed E-state index contributed by atoms with van der Waals surface area (Å²) in [4.78, 5) is 29.4. The molecule has 0 spiro atoms. The van der Waals surface area contributed by atoms with Crippen LogP contribution in [-0.2, 0) is 11.3 Å². The van der Waals surface area contributed by atoms with Crippen LogP contribution >= 0.6 is 0 Å². The lowest BCUT2D eigenvalue weighted by atomic mass is 10.0. The van der Waals surface area contributed by atoms with E-state index in [0.717, 1.165) is 6.42 Å². The molecule has 0 radical (unpaired) electrons. The molecule has 1 aromatic carbocycles. The average Bonchev–Trinajstić information content (AvgIpc) is 3.16. The number of amides is 1. The lowest BCUT2D eigenvalue weighted by Gasteiger charge is -2.20. The summed E-state index contributed by atoms with van der Waals surface area (Å²) in [6.07, 6.45) is 6.11. The Balaban J connectivity index is 1.66. The van der Waals surface area contributed by atoms with Crippen molar-refractivity contribution in [3.8, 4) is 0 Å². The van der Waals surface area contributed by atoms with Crippen LogP contribution in [0.4, 0.5) is 0 Å². The minimum Gasteiger partial charge on any atom is -0.353 e. The van der Waals surface area contributed by atoms with Gasteiger partial charge in [0.05, 0.1) is 17.2 Å². The maximum Gasteiger partial charge on any atom is 0.261 e. The molecular weight excluding hydrogens is 328 g/mol. The van der Waals surface area contributed by atoms with E-state index in [2.05, 4.69) is 24.1 Å². The number of fused-ring (bicyclic) bond motifs is 1. The van der Waals surface area contributed by atoms with Gasteiger partial charge in [-0.15, -0.1) is 0 Å². The highest BCUT2D eigenvalue weighted by atomic mass is 16.2. The largest absolute Gasteiger partial charge is 0.353 e. The zero-order valence-corrected chi connectivity index (χ0v) is 15.1. The molecule has 1 N–H and O–H groups in total. The summed E-state index contributed by atoms with van der Waals surface area (Å²) in [7, 11) is 0. The second kappa shape index (κ2) is 7.99. The zero-order valence-electron chi connectivity index (χ0n) is 15.1. The molecule has 3 rings (SSSR count). The highest BCUT2D eigenvalue weighted by molar-refractivity contribution is 5.80. The first kappa shape index (κ1) is 17.9. The van der Waals surface area contributed by atoms with Crippen LogP contribution < -0.4 is 10.9 Å². The maximum atomic E-state index is 12.6. The van der Waals surface area contributed by atoms with Crippen molar-refractivity contribution in [3.05, 3.63) is 65.5 Å². The molecule has 1 amide bonds. The van der Waals surface area contributed by atoms with E-state index in [1.165, 1.54) is 10.9 Å². The number of carbonyl (C=O) groups excluding carboxylic acids is 1. The molecule has 1 unspecified atom stereocenters. The van der Waals surface area contributed by atoms with Gasteiger partial charge in [-0.25, -0.2) is 4.98 Å². The van der Waals surface area contributed by atoms with Crippen molar-refractivity contribution in [1.82, 2.24) is 19.4 Å². The monoisotopic (exact) mass is 352 g/mol. The number of nitrogens with zero attached hydrogens (tertiary/aromatic N) is 3.